The standard InChI is InChI=1S/C30H26F5N5O5/c31-21-3-1-2-19(26(21)32)27-37-23-14-36-40(15-24(23)38-27)29(28(42)43,8-10-44-11-9-41)25-13-22(39-45-25)18-7-6-17(16-4-5-16)12-20(18)30(33,34)35/h1-3,6-7,12-14,16,41H,4-5,8-11,15H2,(H,37,38)(H,42,43). The molecule has 236 valence electrons. The van der Waals surface area contributed by atoms with Crippen LogP contribution < -0.4 is 0 Å². The monoisotopic (exact) mass is 631 g/mol. The average Bonchev–Trinajstić information content (AvgIpc) is 3.59. The molecule has 1 atom stereocenters. The summed E-state index contributed by atoms with van der Waals surface area (Å²) in [4.78, 5) is 20.3. The number of aliphatic hydroxyl groups excluding tert-OH is 1. The Hall–Kier alpha value is -4.63. The number of halogens is 5. The number of ether oxygens (including phenoxy) is 1. The maximum atomic E-state index is 14.5. The highest BCUT2D eigenvalue weighted by Gasteiger charge is 2.51. The Kier molecular flexibility index (Phi) is 7.91. The number of nitrogens with zero attached hydrogens (tertiary/aromatic N) is 4. The molecular formula is C30H26F5N5O5. The van der Waals surface area contributed by atoms with Crippen molar-refractivity contribution >= 4 is 12.2 Å². The summed E-state index contributed by atoms with van der Waals surface area (Å²) in [6, 6.07) is 8.69. The fourth-order valence-electron chi connectivity index (χ4n) is 5.38. The lowest BCUT2D eigenvalue weighted by Gasteiger charge is -2.37. The zero-order valence-corrected chi connectivity index (χ0v) is 23.4. The fourth-order valence-corrected chi connectivity index (χ4v) is 5.38. The number of aromatic nitrogens is 3. The molecule has 0 radical (unpaired) electrons. The second kappa shape index (κ2) is 11.7. The third kappa shape index (κ3) is 5.68. The van der Waals surface area contributed by atoms with Gasteiger partial charge in [-0.25, -0.2) is 18.6 Å². The zero-order valence-electron chi connectivity index (χ0n) is 23.4. The first-order valence-corrected chi connectivity index (χ1v) is 14.0. The van der Waals surface area contributed by atoms with Gasteiger partial charge in [-0.15, -0.1) is 0 Å². The zero-order chi connectivity index (χ0) is 31.9. The van der Waals surface area contributed by atoms with Crippen LogP contribution in [-0.4, -0.2) is 62.4 Å². The maximum Gasteiger partial charge on any atom is 0.417 e. The molecule has 0 amide bonds. The van der Waals surface area contributed by atoms with E-state index in [9.17, 15) is 31.9 Å². The quantitative estimate of drug-likeness (QED) is 0.147. The molecule has 6 rings (SSSR count). The Balaban J connectivity index is 1.39. The molecule has 1 fully saturated rings. The van der Waals surface area contributed by atoms with Crippen molar-refractivity contribution in [2.24, 2.45) is 5.10 Å². The third-order valence-electron chi connectivity index (χ3n) is 7.87. The van der Waals surface area contributed by atoms with Crippen LogP contribution >= 0.6 is 0 Å². The van der Waals surface area contributed by atoms with Gasteiger partial charge in [0.1, 0.15) is 11.5 Å². The number of aliphatic carboxylic acids is 1. The van der Waals surface area contributed by atoms with E-state index in [1.807, 2.05) is 0 Å². The van der Waals surface area contributed by atoms with Crippen LogP contribution in [0.2, 0.25) is 0 Å². The van der Waals surface area contributed by atoms with Crippen molar-refractivity contribution in [1.29, 1.82) is 0 Å². The number of alkyl halides is 3. The Morgan fingerprint density at radius 1 is 1.11 bits per heavy atom. The molecule has 3 N–H and O–H groups in total. The van der Waals surface area contributed by atoms with Crippen molar-refractivity contribution in [3.63, 3.8) is 0 Å². The van der Waals surface area contributed by atoms with Crippen molar-refractivity contribution in [1.82, 2.24) is 20.1 Å². The van der Waals surface area contributed by atoms with Gasteiger partial charge in [-0.2, -0.15) is 18.3 Å². The van der Waals surface area contributed by atoms with Crippen LogP contribution in [0.4, 0.5) is 22.0 Å². The van der Waals surface area contributed by atoms with Gasteiger partial charge < -0.3 is 24.5 Å². The normalized spacial score (nSPS) is 16.1. The molecule has 15 heteroatoms. The van der Waals surface area contributed by atoms with Crippen molar-refractivity contribution < 1.29 is 46.2 Å². The van der Waals surface area contributed by atoms with Crippen LogP contribution in [0.5, 0.6) is 0 Å². The Morgan fingerprint density at radius 3 is 2.62 bits per heavy atom. The smallest absolute Gasteiger partial charge is 0.417 e. The number of fused-ring (bicyclic) bond motifs is 1. The summed E-state index contributed by atoms with van der Waals surface area (Å²) in [7, 11) is 0. The lowest BCUT2D eigenvalue weighted by Crippen LogP contribution is -2.51. The van der Waals surface area contributed by atoms with Gasteiger partial charge >= 0.3 is 12.1 Å². The van der Waals surface area contributed by atoms with E-state index in [0.717, 1.165) is 36.0 Å². The molecule has 3 heterocycles. The van der Waals surface area contributed by atoms with Gasteiger partial charge in [0.15, 0.2) is 17.4 Å². The number of benzene rings is 2. The van der Waals surface area contributed by atoms with Crippen molar-refractivity contribution in [2.45, 2.75) is 43.4 Å². The first kappa shape index (κ1) is 30.4. The van der Waals surface area contributed by atoms with Gasteiger partial charge in [0.2, 0.25) is 5.54 Å². The van der Waals surface area contributed by atoms with Crippen molar-refractivity contribution in [3.8, 4) is 22.6 Å². The second-order valence-corrected chi connectivity index (χ2v) is 10.8. The van der Waals surface area contributed by atoms with Crippen LogP contribution in [0, 0.1) is 11.6 Å². The first-order chi connectivity index (χ1) is 21.5. The van der Waals surface area contributed by atoms with Crippen molar-refractivity contribution in [3.05, 3.63) is 82.4 Å². The van der Waals surface area contributed by atoms with E-state index in [2.05, 4.69) is 20.2 Å². The van der Waals surface area contributed by atoms with Crippen molar-refractivity contribution in [2.75, 3.05) is 19.8 Å². The largest absolute Gasteiger partial charge is 0.479 e. The van der Waals surface area contributed by atoms with E-state index < -0.39 is 34.9 Å². The summed E-state index contributed by atoms with van der Waals surface area (Å²) in [6.45, 7) is -0.923. The maximum absolute atomic E-state index is 14.5. The SMILES string of the molecule is O=C(O)C(CCOCCO)(c1cc(-c2ccc(C3CC3)cc2C(F)(F)F)no1)N1Cc2nc(-c3cccc(F)c3F)[nH]c2C=N1. The predicted octanol–water partition coefficient (Wildman–Crippen LogP) is 5.43. The Bertz CT molecular complexity index is 1770. The number of carboxylic acid groups (broad SMARTS) is 1. The number of aromatic amines is 1. The Labute approximate surface area is 252 Å². The molecule has 1 unspecified atom stereocenters. The number of H-pyrrole nitrogens is 1. The number of carbonyl (C=O) groups is 1. The predicted molar refractivity (Wildman–Crippen MR) is 148 cm³/mol. The minimum Gasteiger partial charge on any atom is -0.479 e. The number of carboxylic acids is 1. The van der Waals surface area contributed by atoms with E-state index in [4.69, 9.17) is 14.4 Å². The van der Waals surface area contributed by atoms with E-state index in [1.54, 1.807) is 6.07 Å². The minimum atomic E-state index is -4.71. The molecule has 0 spiro atoms. The summed E-state index contributed by atoms with van der Waals surface area (Å²) in [5.74, 6) is -3.98. The Morgan fingerprint density at radius 2 is 1.91 bits per heavy atom. The number of imidazole rings is 1. The fraction of sp³-hybridized carbons (Fsp3) is 0.333. The van der Waals surface area contributed by atoms with E-state index in [0.29, 0.717) is 11.3 Å². The van der Waals surface area contributed by atoms with Crippen LogP contribution in [0.1, 0.15) is 53.5 Å². The molecule has 2 aromatic carbocycles. The summed E-state index contributed by atoms with van der Waals surface area (Å²) >= 11 is 0. The van der Waals surface area contributed by atoms with Crippen LogP contribution in [-0.2, 0) is 27.8 Å². The van der Waals surface area contributed by atoms with Crippen LogP contribution in [0.25, 0.3) is 22.6 Å². The van der Waals surface area contributed by atoms with Gasteiger partial charge in [0.05, 0.1) is 55.1 Å². The minimum absolute atomic E-state index is 0.0196. The van der Waals surface area contributed by atoms with Crippen LogP contribution in [0.15, 0.2) is 52.1 Å². The highest BCUT2D eigenvalue weighted by Crippen LogP contribution is 2.45. The molecule has 1 aliphatic carbocycles. The molecular weight excluding hydrogens is 605 g/mol. The molecule has 1 aliphatic heterocycles. The number of hydrogen-bond donors (Lipinski definition) is 3. The van der Waals surface area contributed by atoms with E-state index in [1.165, 1.54) is 24.4 Å². The van der Waals surface area contributed by atoms with Gasteiger partial charge in [0, 0.05) is 18.1 Å². The first-order valence-electron chi connectivity index (χ1n) is 14.0. The van der Waals surface area contributed by atoms with Gasteiger partial charge in [-0.05, 0) is 42.5 Å². The summed E-state index contributed by atoms with van der Waals surface area (Å²) < 4.78 is 81.6. The number of hydrogen-bond acceptors (Lipinski definition) is 8. The van der Waals surface area contributed by atoms with Gasteiger partial charge in [-0.3, -0.25) is 5.01 Å². The molecule has 4 aromatic rings. The number of aliphatic hydroxyl groups is 1. The molecule has 0 saturated heterocycles. The summed E-state index contributed by atoms with van der Waals surface area (Å²) in [5.41, 5.74) is -2.64. The lowest BCUT2D eigenvalue weighted by atomic mass is 9.89. The van der Waals surface area contributed by atoms with Gasteiger partial charge in [0.25, 0.3) is 0 Å². The van der Waals surface area contributed by atoms with E-state index in [-0.39, 0.29) is 72.8 Å². The van der Waals surface area contributed by atoms with E-state index >= 15 is 0 Å². The molecule has 45 heavy (non-hydrogen) atoms. The number of nitrogens with one attached hydrogen (secondary N) is 1. The summed E-state index contributed by atoms with van der Waals surface area (Å²) in [5, 5.41) is 29.0. The van der Waals surface area contributed by atoms with Crippen LogP contribution in [0.3, 0.4) is 0 Å². The molecule has 0 bridgehead atoms. The lowest BCUT2D eigenvalue weighted by molar-refractivity contribution is -0.157. The highest BCUT2D eigenvalue weighted by molar-refractivity contribution is 5.84. The topological polar surface area (TPSA) is 137 Å². The number of rotatable bonds is 11. The van der Waals surface area contributed by atoms with Gasteiger partial charge in [-0.1, -0.05) is 23.4 Å². The molecule has 2 aromatic heterocycles. The molecule has 1 saturated carbocycles. The second-order valence-electron chi connectivity index (χ2n) is 10.8. The average molecular weight is 632 g/mol. The highest BCUT2D eigenvalue weighted by atomic mass is 19.4. The number of hydrazone groups is 1. The summed E-state index contributed by atoms with van der Waals surface area (Å²) in [6.07, 6.45) is -2.19. The third-order valence-corrected chi connectivity index (χ3v) is 7.87. The molecule has 10 nitrogen and oxygen atoms in total. The molecule has 2 aliphatic rings.